The number of sulfonamides is 1. The Morgan fingerprint density at radius 2 is 1.67 bits per heavy atom. The first kappa shape index (κ1) is 20.7. The molecule has 27 heavy (non-hydrogen) atoms. The molecule has 144 valence electrons. The zero-order valence-electron chi connectivity index (χ0n) is 14.8. The van der Waals surface area contributed by atoms with Crippen LogP contribution in [0.25, 0.3) is 0 Å². The fourth-order valence-electron chi connectivity index (χ4n) is 2.34. The van der Waals surface area contributed by atoms with Gasteiger partial charge in [0.05, 0.1) is 17.2 Å². The van der Waals surface area contributed by atoms with Gasteiger partial charge in [0.15, 0.2) is 0 Å². The van der Waals surface area contributed by atoms with Gasteiger partial charge in [-0.15, -0.1) is 0 Å². The number of hydrogen-bond acceptors (Lipinski definition) is 5. The highest BCUT2D eigenvalue weighted by molar-refractivity contribution is 7.92. The summed E-state index contributed by atoms with van der Waals surface area (Å²) in [5, 5.41) is 1.74. The van der Waals surface area contributed by atoms with Gasteiger partial charge in [0.1, 0.15) is 12.3 Å². The second-order valence-corrected chi connectivity index (χ2v) is 7.78. The predicted octanol–water partition coefficient (Wildman–Crippen LogP) is 3.00. The maximum absolute atomic E-state index is 13.0. The van der Waals surface area contributed by atoms with Crippen molar-refractivity contribution in [1.82, 2.24) is 0 Å². The molecule has 0 atom stereocenters. The van der Waals surface area contributed by atoms with Gasteiger partial charge in [-0.3, -0.25) is 13.9 Å². The number of ether oxygens (including phenoxy) is 1. The van der Waals surface area contributed by atoms with E-state index in [0.29, 0.717) is 18.0 Å². The largest absolute Gasteiger partial charge is 0.494 e. The van der Waals surface area contributed by atoms with Crippen LogP contribution in [-0.2, 0) is 19.6 Å². The second kappa shape index (κ2) is 8.88. The standard InChI is InChI=1S/C18H19ClN2O5S/c1-3-26-16-8-6-15(7-9-16)21(12-18(19)23)27(24,25)17-10-4-14(5-11-17)20-13(2)22/h4-11H,3,12H2,1-2H3,(H,20,22). The minimum absolute atomic E-state index is 0.0385. The molecule has 9 heteroatoms. The number of carbonyl (C=O) groups is 2. The molecular weight excluding hydrogens is 392 g/mol. The van der Waals surface area contributed by atoms with Crippen LogP contribution in [0, 0.1) is 0 Å². The third-order valence-electron chi connectivity index (χ3n) is 3.47. The third kappa shape index (κ3) is 5.45. The molecule has 0 fully saturated rings. The highest BCUT2D eigenvalue weighted by Gasteiger charge is 2.26. The Hall–Kier alpha value is -2.58. The van der Waals surface area contributed by atoms with E-state index in [4.69, 9.17) is 16.3 Å². The number of anilines is 2. The van der Waals surface area contributed by atoms with Crippen LogP contribution in [0.4, 0.5) is 11.4 Å². The molecule has 0 saturated carbocycles. The van der Waals surface area contributed by atoms with Gasteiger partial charge in [0.25, 0.3) is 10.0 Å². The van der Waals surface area contributed by atoms with Gasteiger partial charge < -0.3 is 10.1 Å². The summed E-state index contributed by atoms with van der Waals surface area (Å²) < 4.78 is 32.3. The Morgan fingerprint density at radius 1 is 1.07 bits per heavy atom. The van der Waals surface area contributed by atoms with Crippen molar-refractivity contribution in [3.05, 3.63) is 48.5 Å². The van der Waals surface area contributed by atoms with Crippen LogP contribution in [0.3, 0.4) is 0 Å². The molecule has 0 aliphatic carbocycles. The molecular formula is C18H19ClN2O5S. The molecule has 0 spiro atoms. The first-order valence-corrected chi connectivity index (χ1v) is 9.87. The van der Waals surface area contributed by atoms with E-state index in [2.05, 4.69) is 5.32 Å². The van der Waals surface area contributed by atoms with Crippen molar-refractivity contribution < 1.29 is 22.7 Å². The third-order valence-corrected chi connectivity index (χ3v) is 5.37. The van der Waals surface area contributed by atoms with Crippen molar-refractivity contribution in [3.8, 4) is 5.75 Å². The van der Waals surface area contributed by atoms with Crippen LogP contribution < -0.4 is 14.4 Å². The monoisotopic (exact) mass is 410 g/mol. The highest BCUT2D eigenvalue weighted by Crippen LogP contribution is 2.26. The Labute approximate surface area is 162 Å². The lowest BCUT2D eigenvalue weighted by Gasteiger charge is -2.23. The lowest BCUT2D eigenvalue weighted by Crippen LogP contribution is -2.34. The second-order valence-electron chi connectivity index (χ2n) is 5.50. The van der Waals surface area contributed by atoms with E-state index in [1.807, 2.05) is 6.92 Å². The number of amides is 1. The van der Waals surface area contributed by atoms with Gasteiger partial charge in [-0.2, -0.15) is 0 Å². The van der Waals surface area contributed by atoms with E-state index >= 15 is 0 Å². The van der Waals surface area contributed by atoms with Gasteiger partial charge in [0.2, 0.25) is 11.1 Å². The summed E-state index contributed by atoms with van der Waals surface area (Å²) in [6, 6.07) is 11.9. The van der Waals surface area contributed by atoms with Crippen molar-refractivity contribution in [2.75, 3.05) is 22.8 Å². The summed E-state index contributed by atoms with van der Waals surface area (Å²) in [6.45, 7) is 3.14. The van der Waals surface area contributed by atoms with Crippen molar-refractivity contribution in [2.24, 2.45) is 0 Å². The SMILES string of the molecule is CCOc1ccc(N(CC(=O)Cl)S(=O)(=O)c2ccc(NC(C)=O)cc2)cc1. The number of hydrogen-bond donors (Lipinski definition) is 1. The number of benzene rings is 2. The average molecular weight is 411 g/mol. The first-order chi connectivity index (χ1) is 12.7. The minimum Gasteiger partial charge on any atom is -0.494 e. The Bertz CT molecular complexity index is 912. The summed E-state index contributed by atoms with van der Waals surface area (Å²) in [5.74, 6) is 0.310. The molecule has 1 amide bonds. The van der Waals surface area contributed by atoms with E-state index < -0.39 is 21.8 Å². The van der Waals surface area contributed by atoms with Crippen LogP contribution in [0.15, 0.2) is 53.4 Å². The zero-order valence-corrected chi connectivity index (χ0v) is 16.4. The van der Waals surface area contributed by atoms with Crippen LogP contribution in [0.5, 0.6) is 5.75 Å². The van der Waals surface area contributed by atoms with Gasteiger partial charge >= 0.3 is 0 Å². The summed E-state index contributed by atoms with van der Waals surface area (Å²) >= 11 is 5.46. The van der Waals surface area contributed by atoms with Gasteiger partial charge in [-0.05, 0) is 67.1 Å². The first-order valence-electron chi connectivity index (χ1n) is 8.05. The van der Waals surface area contributed by atoms with Crippen molar-refractivity contribution in [1.29, 1.82) is 0 Å². The number of carbonyl (C=O) groups excluding carboxylic acids is 2. The van der Waals surface area contributed by atoms with E-state index in [1.165, 1.54) is 43.3 Å². The maximum Gasteiger partial charge on any atom is 0.264 e. The molecule has 0 heterocycles. The fraction of sp³-hybridized carbons (Fsp3) is 0.222. The molecule has 0 saturated heterocycles. The van der Waals surface area contributed by atoms with Crippen LogP contribution in [-0.4, -0.2) is 32.7 Å². The molecule has 0 aromatic heterocycles. The lowest BCUT2D eigenvalue weighted by molar-refractivity contribution is -0.114. The van der Waals surface area contributed by atoms with Crippen molar-refractivity contribution in [2.45, 2.75) is 18.7 Å². The molecule has 0 aliphatic rings. The summed E-state index contributed by atoms with van der Waals surface area (Å²) in [6.07, 6.45) is 0. The molecule has 2 aromatic carbocycles. The maximum atomic E-state index is 13.0. The van der Waals surface area contributed by atoms with Crippen molar-refractivity contribution >= 4 is 44.1 Å². The normalized spacial score (nSPS) is 10.9. The molecule has 0 aliphatic heterocycles. The highest BCUT2D eigenvalue weighted by atomic mass is 35.5. The number of halogens is 1. The minimum atomic E-state index is -4.05. The van der Waals surface area contributed by atoms with Crippen LogP contribution >= 0.6 is 11.6 Å². The smallest absolute Gasteiger partial charge is 0.264 e. The Balaban J connectivity index is 2.38. The Morgan fingerprint density at radius 3 is 2.15 bits per heavy atom. The predicted molar refractivity (Wildman–Crippen MR) is 104 cm³/mol. The topological polar surface area (TPSA) is 92.8 Å². The molecule has 2 rings (SSSR count). The van der Waals surface area contributed by atoms with E-state index in [-0.39, 0.29) is 16.5 Å². The van der Waals surface area contributed by atoms with Gasteiger partial charge in [-0.1, -0.05) is 0 Å². The summed E-state index contributed by atoms with van der Waals surface area (Å²) in [7, 11) is -4.05. The lowest BCUT2D eigenvalue weighted by atomic mass is 10.3. The van der Waals surface area contributed by atoms with Gasteiger partial charge in [-0.25, -0.2) is 8.42 Å². The van der Waals surface area contributed by atoms with Crippen LogP contribution in [0.2, 0.25) is 0 Å². The molecule has 7 nitrogen and oxygen atoms in total. The Kier molecular flexibility index (Phi) is 6.81. The van der Waals surface area contributed by atoms with Crippen molar-refractivity contribution in [3.63, 3.8) is 0 Å². The number of rotatable bonds is 8. The van der Waals surface area contributed by atoms with Gasteiger partial charge in [0, 0.05) is 12.6 Å². The zero-order chi connectivity index (χ0) is 20.0. The molecule has 2 aromatic rings. The van der Waals surface area contributed by atoms with E-state index in [0.717, 1.165) is 4.31 Å². The molecule has 0 radical (unpaired) electrons. The van der Waals surface area contributed by atoms with Crippen LogP contribution in [0.1, 0.15) is 13.8 Å². The summed E-state index contributed by atoms with van der Waals surface area (Å²) in [4.78, 5) is 22.5. The van der Waals surface area contributed by atoms with E-state index in [9.17, 15) is 18.0 Å². The molecule has 0 unspecified atom stereocenters. The number of nitrogens with zero attached hydrogens (tertiary/aromatic N) is 1. The summed E-state index contributed by atoms with van der Waals surface area (Å²) in [5.41, 5.74) is 0.737. The molecule has 1 N–H and O–H groups in total. The number of nitrogens with one attached hydrogen (secondary N) is 1. The average Bonchev–Trinajstić information content (AvgIpc) is 2.60. The molecule has 0 bridgehead atoms. The van der Waals surface area contributed by atoms with E-state index in [1.54, 1.807) is 12.1 Å². The quantitative estimate of drug-likeness (QED) is 0.675. The fourth-order valence-corrected chi connectivity index (χ4v) is 3.96.